The molecule has 4 aromatic rings. The number of pyridine rings is 1. The molecule has 11 heteroatoms. The number of halogens is 2. The fourth-order valence-electron chi connectivity index (χ4n) is 3.26. The van der Waals surface area contributed by atoms with Crippen LogP contribution >= 0.6 is 0 Å². The predicted molar refractivity (Wildman–Crippen MR) is 108 cm³/mol. The van der Waals surface area contributed by atoms with Gasteiger partial charge in [-0.25, -0.2) is 18.7 Å². The first-order valence-electron chi connectivity index (χ1n) is 9.59. The number of rotatable bonds is 7. The van der Waals surface area contributed by atoms with E-state index in [1.807, 2.05) is 26.0 Å². The Bertz CT molecular complexity index is 1140. The molecule has 1 atom stereocenters. The minimum atomic E-state index is -2.49. The Kier molecular flexibility index (Phi) is 5.65. The maximum absolute atomic E-state index is 12.5. The molecule has 0 amide bonds. The lowest BCUT2D eigenvalue weighted by Gasteiger charge is -2.17. The van der Waals surface area contributed by atoms with Gasteiger partial charge in [0.05, 0.1) is 23.4 Å². The molecule has 0 fully saturated rings. The van der Waals surface area contributed by atoms with Crippen molar-refractivity contribution in [3.8, 4) is 22.7 Å². The number of hydrogen-bond donors (Lipinski definition) is 1. The van der Waals surface area contributed by atoms with Crippen LogP contribution in [0.2, 0.25) is 0 Å². The van der Waals surface area contributed by atoms with E-state index in [1.54, 1.807) is 18.6 Å². The summed E-state index contributed by atoms with van der Waals surface area (Å²) in [5.41, 5.74) is 8.40. The van der Waals surface area contributed by atoms with Crippen molar-refractivity contribution in [3.63, 3.8) is 0 Å². The Balaban J connectivity index is 1.58. The summed E-state index contributed by atoms with van der Waals surface area (Å²) in [6.45, 7) is 3.60. The summed E-state index contributed by atoms with van der Waals surface area (Å²) < 4.78 is 31.6. The average Bonchev–Trinajstić information content (AvgIpc) is 3.38. The molecule has 4 heterocycles. The second-order valence-corrected chi connectivity index (χ2v) is 7.33. The zero-order valence-corrected chi connectivity index (χ0v) is 16.9. The van der Waals surface area contributed by atoms with Crippen LogP contribution in [0.25, 0.3) is 22.7 Å². The van der Waals surface area contributed by atoms with Crippen molar-refractivity contribution in [2.24, 2.45) is 5.92 Å². The van der Waals surface area contributed by atoms with Crippen LogP contribution < -0.4 is 5.73 Å². The van der Waals surface area contributed by atoms with Crippen LogP contribution in [0.15, 0.2) is 47.6 Å². The Morgan fingerprint density at radius 3 is 2.45 bits per heavy atom. The number of nitrogens with zero attached hydrogens (tertiary/aromatic N) is 7. The third-order valence-corrected chi connectivity index (χ3v) is 4.70. The lowest BCUT2D eigenvalue weighted by Crippen LogP contribution is -2.11. The molecule has 0 aliphatic rings. The highest BCUT2D eigenvalue weighted by molar-refractivity contribution is 5.57. The van der Waals surface area contributed by atoms with Gasteiger partial charge < -0.3 is 10.3 Å². The van der Waals surface area contributed by atoms with Crippen LogP contribution in [0.4, 0.5) is 14.7 Å². The Morgan fingerprint density at radius 2 is 1.81 bits per heavy atom. The van der Waals surface area contributed by atoms with E-state index in [2.05, 4.69) is 30.2 Å². The summed E-state index contributed by atoms with van der Waals surface area (Å²) in [6, 6.07) is 3.81. The van der Waals surface area contributed by atoms with Crippen molar-refractivity contribution < 1.29 is 13.3 Å². The van der Waals surface area contributed by atoms with Crippen molar-refractivity contribution in [3.05, 3.63) is 54.5 Å². The van der Waals surface area contributed by atoms with Crippen LogP contribution in [0.3, 0.4) is 0 Å². The summed E-state index contributed by atoms with van der Waals surface area (Å²) >= 11 is 0. The van der Waals surface area contributed by atoms with Crippen molar-refractivity contribution in [1.29, 1.82) is 0 Å². The minimum Gasteiger partial charge on any atom is -0.368 e. The summed E-state index contributed by atoms with van der Waals surface area (Å²) in [4.78, 5) is 17.0. The second kappa shape index (κ2) is 8.54. The summed E-state index contributed by atoms with van der Waals surface area (Å²) in [5.74, 6) is 0.895. The Labute approximate surface area is 176 Å². The molecule has 9 nitrogen and oxygen atoms in total. The maximum atomic E-state index is 12.5. The summed E-state index contributed by atoms with van der Waals surface area (Å²) in [6.07, 6.45) is 5.38. The zero-order valence-electron chi connectivity index (χ0n) is 16.9. The van der Waals surface area contributed by atoms with Gasteiger partial charge in [0.2, 0.25) is 5.95 Å². The molecule has 0 aliphatic carbocycles. The normalized spacial score (nSPS) is 12.6. The van der Waals surface area contributed by atoms with Gasteiger partial charge in [0, 0.05) is 30.4 Å². The molecule has 160 valence electrons. The standard InChI is InChI=1S/C20H20F2N8O/c1-11(2)17(12-3-4-15(24-5-12)13-6-25-20(23)26-7-13)18-28-19(31-29-18)14-8-27-30(9-14)10-16(21)22/h3-9,11,16-17H,10H2,1-2H3,(H2,23,25,26)/t17-/m1/s1. The maximum Gasteiger partial charge on any atom is 0.261 e. The number of alkyl halides is 2. The molecule has 4 rings (SSSR count). The first-order valence-corrected chi connectivity index (χ1v) is 9.59. The van der Waals surface area contributed by atoms with Gasteiger partial charge in [-0.2, -0.15) is 10.1 Å². The molecule has 0 saturated heterocycles. The molecule has 0 aromatic carbocycles. The number of nitrogens with two attached hydrogens (primary N) is 1. The molecular formula is C20H20F2N8O. The highest BCUT2D eigenvalue weighted by Crippen LogP contribution is 2.32. The first-order chi connectivity index (χ1) is 14.9. The number of anilines is 1. The number of aromatic nitrogens is 7. The average molecular weight is 426 g/mol. The summed E-state index contributed by atoms with van der Waals surface area (Å²) in [7, 11) is 0. The predicted octanol–water partition coefficient (Wildman–Crippen LogP) is 3.42. The largest absolute Gasteiger partial charge is 0.368 e. The van der Waals surface area contributed by atoms with E-state index in [4.69, 9.17) is 10.3 Å². The van der Waals surface area contributed by atoms with E-state index >= 15 is 0 Å². The first kappa shape index (κ1) is 20.5. The monoisotopic (exact) mass is 426 g/mol. The Morgan fingerprint density at radius 1 is 1.03 bits per heavy atom. The van der Waals surface area contributed by atoms with Crippen molar-refractivity contribution in [1.82, 2.24) is 34.9 Å². The lowest BCUT2D eigenvalue weighted by atomic mass is 9.88. The van der Waals surface area contributed by atoms with Crippen LogP contribution in [0, 0.1) is 5.92 Å². The smallest absolute Gasteiger partial charge is 0.261 e. The molecule has 0 spiro atoms. The molecule has 2 N–H and O–H groups in total. The van der Waals surface area contributed by atoms with Gasteiger partial charge in [-0.05, 0) is 17.5 Å². The van der Waals surface area contributed by atoms with E-state index in [9.17, 15) is 8.78 Å². The van der Waals surface area contributed by atoms with Crippen molar-refractivity contribution >= 4 is 5.95 Å². The minimum absolute atomic E-state index is 0.152. The highest BCUT2D eigenvalue weighted by atomic mass is 19.3. The lowest BCUT2D eigenvalue weighted by molar-refractivity contribution is 0.122. The molecule has 0 saturated carbocycles. The quantitative estimate of drug-likeness (QED) is 0.477. The fraction of sp³-hybridized carbons (Fsp3) is 0.300. The van der Waals surface area contributed by atoms with Gasteiger partial charge in [0.25, 0.3) is 12.3 Å². The van der Waals surface area contributed by atoms with Gasteiger partial charge in [0.1, 0.15) is 6.54 Å². The van der Waals surface area contributed by atoms with E-state index < -0.39 is 13.0 Å². The molecule has 0 bridgehead atoms. The molecule has 0 unspecified atom stereocenters. The topological polar surface area (TPSA) is 121 Å². The molecule has 31 heavy (non-hydrogen) atoms. The third kappa shape index (κ3) is 4.55. The molecule has 0 radical (unpaired) electrons. The molecular weight excluding hydrogens is 406 g/mol. The number of hydrogen-bond acceptors (Lipinski definition) is 8. The van der Waals surface area contributed by atoms with E-state index in [0.717, 1.165) is 15.8 Å². The third-order valence-electron chi connectivity index (χ3n) is 4.70. The van der Waals surface area contributed by atoms with Gasteiger partial charge in [-0.3, -0.25) is 9.67 Å². The van der Waals surface area contributed by atoms with Crippen LogP contribution in [0.1, 0.15) is 31.2 Å². The van der Waals surface area contributed by atoms with Crippen LogP contribution in [-0.4, -0.2) is 41.3 Å². The van der Waals surface area contributed by atoms with Crippen molar-refractivity contribution in [2.45, 2.75) is 32.7 Å². The second-order valence-electron chi connectivity index (χ2n) is 7.33. The highest BCUT2D eigenvalue weighted by Gasteiger charge is 2.25. The van der Waals surface area contributed by atoms with Crippen LogP contribution in [-0.2, 0) is 6.54 Å². The van der Waals surface area contributed by atoms with Gasteiger partial charge in [-0.15, -0.1) is 0 Å². The van der Waals surface area contributed by atoms with Gasteiger partial charge >= 0.3 is 0 Å². The summed E-state index contributed by atoms with van der Waals surface area (Å²) in [5, 5.41) is 8.02. The Hall–Kier alpha value is -3.76. The van der Waals surface area contributed by atoms with Gasteiger partial charge in [-0.1, -0.05) is 25.1 Å². The van der Waals surface area contributed by atoms with E-state index in [-0.39, 0.29) is 23.7 Å². The number of nitrogen functional groups attached to an aromatic ring is 1. The molecule has 0 aliphatic heterocycles. The fourth-order valence-corrected chi connectivity index (χ4v) is 3.26. The van der Waals surface area contributed by atoms with E-state index in [1.165, 1.54) is 12.4 Å². The molecule has 4 aromatic heterocycles. The van der Waals surface area contributed by atoms with Gasteiger partial charge in [0.15, 0.2) is 5.82 Å². The SMILES string of the molecule is CC(C)[C@H](c1ccc(-c2cnc(N)nc2)nc1)c1noc(-c2cnn(CC(F)F)c2)n1. The zero-order chi connectivity index (χ0) is 22.0. The van der Waals surface area contributed by atoms with Crippen molar-refractivity contribution in [2.75, 3.05) is 5.73 Å². The van der Waals surface area contributed by atoms with Crippen LogP contribution in [0.5, 0.6) is 0 Å². The van der Waals surface area contributed by atoms with E-state index in [0.29, 0.717) is 17.1 Å².